The summed E-state index contributed by atoms with van der Waals surface area (Å²) in [5, 5.41) is 0. The number of allylic oxidation sites excluding steroid dienone is 18. The quantitative estimate of drug-likeness (QED) is 0.0795. The summed E-state index contributed by atoms with van der Waals surface area (Å²) in [6.07, 6.45) is 41.7. The smallest absolute Gasteiger partial charge is 0.130 e. The Bertz CT molecular complexity index is 1210. The second-order valence-corrected chi connectivity index (χ2v) is 15.2. The molecular weight excluding hydrogens is 593 g/mol. The number of carbonyl (C=O) groups is 1. The first-order valence-electron chi connectivity index (χ1n) is 19.7. The lowest BCUT2D eigenvalue weighted by Gasteiger charge is -2.04. The van der Waals surface area contributed by atoms with Crippen molar-refractivity contribution >= 4 is 5.78 Å². The molecule has 276 valence electrons. The zero-order valence-electron chi connectivity index (χ0n) is 34.3. The van der Waals surface area contributed by atoms with Crippen LogP contribution in [0.25, 0.3) is 0 Å². The van der Waals surface area contributed by atoms with E-state index >= 15 is 0 Å². The first kappa shape index (κ1) is 46.3. The fourth-order valence-electron chi connectivity index (χ4n) is 5.75. The molecule has 0 fully saturated rings. The Morgan fingerprint density at radius 1 is 0.265 bits per heavy atom. The molecule has 0 aliphatic carbocycles. The molecule has 0 aromatic heterocycles. The Hall–Kier alpha value is -2.67. The minimum absolute atomic E-state index is 0.276. The van der Waals surface area contributed by atoms with E-state index in [0.717, 1.165) is 64.2 Å². The number of hydrogen-bond acceptors (Lipinski definition) is 1. The summed E-state index contributed by atoms with van der Waals surface area (Å²) in [7, 11) is 0. The molecular formula is C48H78O. The van der Waals surface area contributed by atoms with Gasteiger partial charge >= 0.3 is 0 Å². The highest BCUT2D eigenvalue weighted by Crippen LogP contribution is 2.17. The average molecular weight is 671 g/mol. The maximum Gasteiger partial charge on any atom is 0.130 e. The number of Topliss-reactive ketones (excluding diaryl/α,β-unsaturated/α-hetero) is 1. The van der Waals surface area contributed by atoms with Crippen molar-refractivity contribution in [2.45, 2.75) is 192 Å². The molecule has 0 amide bonds. The molecule has 0 heterocycles. The largest absolute Gasteiger partial charge is 0.300 e. The first-order valence-corrected chi connectivity index (χ1v) is 19.7. The van der Waals surface area contributed by atoms with Crippen LogP contribution in [0.4, 0.5) is 0 Å². The summed E-state index contributed by atoms with van der Waals surface area (Å²) >= 11 is 0. The molecule has 0 aromatic carbocycles. The van der Waals surface area contributed by atoms with Crippen LogP contribution in [-0.2, 0) is 4.79 Å². The Morgan fingerprint density at radius 3 is 0.592 bits per heavy atom. The lowest BCUT2D eigenvalue weighted by atomic mass is 10.0. The maximum atomic E-state index is 11.1. The average Bonchev–Trinajstić information content (AvgIpc) is 3.00. The summed E-state index contributed by atoms with van der Waals surface area (Å²) in [5.74, 6) is 0.276. The van der Waals surface area contributed by atoms with Gasteiger partial charge in [0.2, 0.25) is 0 Å². The number of carbonyl (C=O) groups excluding carboxylic acids is 1. The third-order valence-corrected chi connectivity index (χ3v) is 9.30. The standard InChI is InChI=1S/C48H78O/c1-39(2)21-12-22-40(3)23-13-24-41(4)25-14-26-42(5)27-15-28-43(6)29-16-30-44(7)31-17-32-45(8)33-18-34-46(9)35-19-36-47(10)37-20-38-48(11)49/h21,23,25,27,29,31,33,35,37H,12-20,22,24,26,28,30,32,34,36,38H2,1-11H3/b40-23+,41-25+,42-27-,43-29+,44-31+,45-33+,46-35-,47-37+. The maximum absolute atomic E-state index is 11.1. The van der Waals surface area contributed by atoms with Crippen LogP contribution < -0.4 is 0 Å². The van der Waals surface area contributed by atoms with Crippen molar-refractivity contribution in [3.8, 4) is 0 Å². The predicted molar refractivity (Wildman–Crippen MR) is 223 cm³/mol. The molecule has 49 heavy (non-hydrogen) atoms. The van der Waals surface area contributed by atoms with Gasteiger partial charge in [-0.15, -0.1) is 0 Å². The third-order valence-electron chi connectivity index (χ3n) is 9.30. The Morgan fingerprint density at radius 2 is 0.429 bits per heavy atom. The van der Waals surface area contributed by atoms with E-state index in [4.69, 9.17) is 0 Å². The van der Waals surface area contributed by atoms with Crippen LogP contribution in [0.3, 0.4) is 0 Å². The molecule has 0 radical (unpaired) electrons. The van der Waals surface area contributed by atoms with Crippen molar-refractivity contribution in [2.24, 2.45) is 0 Å². The highest BCUT2D eigenvalue weighted by Gasteiger charge is 1.98. The van der Waals surface area contributed by atoms with E-state index in [0.29, 0.717) is 6.42 Å². The summed E-state index contributed by atoms with van der Waals surface area (Å²) in [6.45, 7) is 24.2. The lowest BCUT2D eigenvalue weighted by molar-refractivity contribution is -0.116. The highest BCUT2D eigenvalue weighted by atomic mass is 16.1. The van der Waals surface area contributed by atoms with Gasteiger partial charge in [0.1, 0.15) is 5.78 Å². The van der Waals surface area contributed by atoms with Crippen molar-refractivity contribution in [3.05, 3.63) is 105 Å². The van der Waals surface area contributed by atoms with E-state index in [1.807, 2.05) is 0 Å². The van der Waals surface area contributed by atoms with Crippen molar-refractivity contribution in [2.75, 3.05) is 0 Å². The molecule has 0 atom stereocenters. The van der Waals surface area contributed by atoms with Crippen LogP contribution in [0.1, 0.15) is 192 Å². The van der Waals surface area contributed by atoms with E-state index in [1.165, 1.54) is 95.1 Å². The first-order chi connectivity index (χ1) is 23.3. The fraction of sp³-hybridized carbons (Fsp3) is 0.604. The van der Waals surface area contributed by atoms with Gasteiger partial charge in [0.15, 0.2) is 0 Å². The van der Waals surface area contributed by atoms with E-state index in [2.05, 4.69) is 124 Å². The van der Waals surface area contributed by atoms with Gasteiger partial charge in [0.05, 0.1) is 0 Å². The lowest BCUT2D eigenvalue weighted by Crippen LogP contribution is -1.87. The number of hydrogen-bond donors (Lipinski definition) is 0. The summed E-state index contributed by atoms with van der Waals surface area (Å²) in [5.41, 5.74) is 13.4. The molecule has 0 unspecified atom stereocenters. The minimum atomic E-state index is 0.276. The topological polar surface area (TPSA) is 17.1 Å². The normalized spacial score (nSPS) is 14.5. The molecule has 0 aliphatic heterocycles. The minimum Gasteiger partial charge on any atom is -0.300 e. The molecule has 0 aliphatic rings. The molecule has 0 bridgehead atoms. The van der Waals surface area contributed by atoms with Gasteiger partial charge < -0.3 is 4.79 Å². The predicted octanol–water partition coefficient (Wildman–Crippen LogP) is 16.1. The molecule has 0 aromatic rings. The monoisotopic (exact) mass is 671 g/mol. The zero-order valence-corrected chi connectivity index (χ0v) is 34.3. The van der Waals surface area contributed by atoms with Crippen LogP contribution in [0, 0.1) is 0 Å². The van der Waals surface area contributed by atoms with E-state index in [9.17, 15) is 4.79 Å². The van der Waals surface area contributed by atoms with Gasteiger partial charge in [-0.2, -0.15) is 0 Å². The van der Waals surface area contributed by atoms with Crippen molar-refractivity contribution < 1.29 is 4.79 Å². The van der Waals surface area contributed by atoms with Gasteiger partial charge in [0, 0.05) is 6.42 Å². The van der Waals surface area contributed by atoms with Crippen LogP contribution in [0.2, 0.25) is 0 Å². The van der Waals surface area contributed by atoms with Gasteiger partial charge in [0.25, 0.3) is 0 Å². The van der Waals surface area contributed by atoms with Crippen molar-refractivity contribution in [1.29, 1.82) is 0 Å². The Labute approximate surface area is 306 Å². The third kappa shape index (κ3) is 32.3. The molecule has 0 spiro atoms. The summed E-state index contributed by atoms with van der Waals surface area (Å²) in [4.78, 5) is 11.1. The van der Waals surface area contributed by atoms with Gasteiger partial charge in [-0.25, -0.2) is 0 Å². The van der Waals surface area contributed by atoms with E-state index < -0.39 is 0 Å². The zero-order chi connectivity index (χ0) is 36.9. The molecule has 0 saturated heterocycles. The molecule has 0 saturated carbocycles. The Balaban J connectivity index is 4.22. The van der Waals surface area contributed by atoms with Crippen LogP contribution in [0.15, 0.2) is 105 Å². The number of rotatable bonds is 27. The summed E-state index contributed by atoms with van der Waals surface area (Å²) < 4.78 is 0. The Kier molecular flexibility index (Phi) is 28.5. The second kappa shape index (κ2) is 30.2. The van der Waals surface area contributed by atoms with Gasteiger partial charge in [-0.1, -0.05) is 105 Å². The molecule has 1 nitrogen and oxygen atoms in total. The highest BCUT2D eigenvalue weighted by molar-refractivity contribution is 5.75. The molecule has 0 rings (SSSR count). The number of ketones is 1. The fourth-order valence-corrected chi connectivity index (χ4v) is 5.75. The van der Waals surface area contributed by atoms with Gasteiger partial charge in [-0.3, -0.25) is 0 Å². The van der Waals surface area contributed by atoms with Crippen molar-refractivity contribution in [1.82, 2.24) is 0 Å². The molecule has 0 N–H and O–H groups in total. The van der Waals surface area contributed by atoms with Crippen LogP contribution >= 0.6 is 0 Å². The van der Waals surface area contributed by atoms with Crippen molar-refractivity contribution in [3.63, 3.8) is 0 Å². The molecule has 1 heteroatoms. The van der Waals surface area contributed by atoms with Crippen LogP contribution in [0.5, 0.6) is 0 Å². The van der Waals surface area contributed by atoms with E-state index in [1.54, 1.807) is 6.92 Å². The van der Waals surface area contributed by atoms with E-state index in [-0.39, 0.29) is 5.78 Å². The van der Waals surface area contributed by atoms with Gasteiger partial charge in [-0.05, 0) is 185 Å². The van der Waals surface area contributed by atoms with Crippen LogP contribution in [-0.4, -0.2) is 5.78 Å². The SMILES string of the molecule is CC(=O)CC/C=C(\C)CC/C=C(/C)CC/C=C(\C)CC/C=C(\C)CC/C=C(\C)CC/C=C(/C)CC/C=C(\C)CC/C=C(\C)CCC=C(C)C. The second-order valence-electron chi connectivity index (χ2n) is 15.2. The summed E-state index contributed by atoms with van der Waals surface area (Å²) in [6, 6.07) is 0.